The average molecular weight is 623 g/mol. The lowest BCUT2D eigenvalue weighted by Gasteiger charge is -2.49. The molecule has 5 rings (SSSR count). The molecule has 0 spiro atoms. The van der Waals surface area contributed by atoms with Crippen LogP contribution in [0.5, 0.6) is 0 Å². The summed E-state index contributed by atoms with van der Waals surface area (Å²) in [5.74, 6) is -2.38. The maximum absolute atomic E-state index is 13.5. The second-order valence-corrected chi connectivity index (χ2v) is 12.6. The van der Waals surface area contributed by atoms with Gasteiger partial charge in [0.2, 0.25) is 5.91 Å². The highest BCUT2D eigenvalue weighted by Crippen LogP contribution is 2.41. The van der Waals surface area contributed by atoms with Crippen LogP contribution in [0.1, 0.15) is 49.6 Å². The lowest BCUT2D eigenvalue weighted by Crippen LogP contribution is -2.71. The molecule has 11 nitrogen and oxygen atoms in total. The number of aliphatic hydroxyl groups excluding tert-OH is 1. The summed E-state index contributed by atoms with van der Waals surface area (Å²) in [7, 11) is 0. The minimum atomic E-state index is -1.17. The first-order valence-electron chi connectivity index (χ1n) is 13.4. The highest BCUT2D eigenvalue weighted by atomic mass is 32.2. The van der Waals surface area contributed by atoms with Gasteiger partial charge in [0.15, 0.2) is 11.8 Å². The molecule has 3 N–H and O–H groups in total. The number of ether oxygens (including phenoxy) is 2. The highest BCUT2D eigenvalue weighted by Gasteiger charge is 2.55. The Kier molecular flexibility index (Phi) is 8.74. The predicted molar refractivity (Wildman–Crippen MR) is 160 cm³/mol. The van der Waals surface area contributed by atoms with Crippen molar-refractivity contribution in [1.82, 2.24) is 19.9 Å². The van der Waals surface area contributed by atoms with E-state index < -0.39 is 53.0 Å². The first kappa shape index (κ1) is 30.1. The number of rotatable bonds is 8. The van der Waals surface area contributed by atoms with Crippen LogP contribution in [0.4, 0.5) is 4.79 Å². The van der Waals surface area contributed by atoms with E-state index in [4.69, 9.17) is 9.47 Å². The van der Waals surface area contributed by atoms with E-state index in [-0.39, 0.29) is 17.2 Å². The Bertz CT molecular complexity index is 1490. The number of β-lactam (4-membered cyclic amide) rings is 1. The fourth-order valence-corrected chi connectivity index (χ4v) is 6.42. The molecule has 2 aliphatic rings. The minimum Gasteiger partial charge on any atom is -0.509 e. The molecule has 0 radical (unpaired) electrons. The number of carbonyl (C=O) groups excluding carboxylic acids is 4. The molecule has 43 heavy (non-hydrogen) atoms. The number of benzene rings is 2. The van der Waals surface area contributed by atoms with Crippen LogP contribution >= 0.6 is 23.3 Å². The second-order valence-electron chi connectivity index (χ2n) is 10.8. The monoisotopic (exact) mass is 622 g/mol. The summed E-state index contributed by atoms with van der Waals surface area (Å²) in [5.41, 5.74) is 0.802. The number of thioether (sulfide) groups is 1. The van der Waals surface area contributed by atoms with Crippen molar-refractivity contribution in [1.29, 1.82) is 0 Å². The molecule has 13 heteroatoms. The number of amides is 3. The number of hydrogen-bond donors (Lipinski definition) is 3. The molecule has 3 heterocycles. The van der Waals surface area contributed by atoms with E-state index in [0.717, 1.165) is 27.6 Å². The fourth-order valence-electron chi connectivity index (χ4n) is 4.66. The van der Waals surface area contributed by atoms with Gasteiger partial charge >= 0.3 is 12.1 Å². The van der Waals surface area contributed by atoms with E-state index in [2.05, 4.69) is 15.0 Å². The molecule has 1 saturated heterocycles. The summed E-state index contributed by atoms with van der Waals surface area (Å²) < 4.78 is 15.2. The fraction of sp³-hybridized carbons (Fsp3) is 0.300. The Balaban J connectivity index is 1.32. The number of aromatic nitrogens is 1. The zero-order valence-electron chi connectivity index (χ0n) is 23.6. The first-order valence-corrected chi connectivity index (χ1v) is 15.3. The van der Waals surface area contributed by atoms with Crippen molar-refractivity contribution in [3.8, 4) is 0 Å². The van der Waals surface area contributed by atoms with Gasteiger partial charge in [0.25, 0.3) is 5.91 Å². The number of hydrogen-bond acceptors (Lipinski definition) is 10. The van der Waals surface area contributed by atoms with Crippen LogP contribution < -0.4 is 10.6 Å². The number of fused-ring (bicyclic) bond motifs is 1. The normalized spacial score (nSPS) is 18.8. The topological polar surface area (TPSA) is 147 Å². The van der Waals surface area contributed by atoms with Crippen LogP contribution in [-0.4, -0.2) is 61.0 Å². The van der Waals surface area contributed by atoms with Gasteiger partial charge in [0.1, 0.15) is 28.8 Å². The van der Waals surface area contributed by atoms with Crippen LogP contribution in [0.3, 0.4) is 0 Å². The lowest BCUT2D eigenvalue weighted by molar-refractivity contribution is -0.155. The van der Waals surface area contributed by atoms with Gasteiger partial charge in [0, 0.05) is 17.1 Å². The standard InChI is InChI=1S/C30H30N4O7S2/c1-30(2,3)41-29(39)33-21(19-14-31-43-15-19)25(36)32-22-26(37)34-23(20(35)16-42-27(22)34)28(38)40-24(17-10-6-4-7-11-17)18-12-8-5-9-13-18/h4-15,21-22,24,27,35H,16H2,1-3H3,(H,32,36)(H,33,39)/t21?,22-,27+/m1/s1. The van der Waals surface area contributed by atoms with Gasteiger partial charge in [0.05, 0.1) is 5.75 Å². The van der Waals surface area contributed by atoms with Crippen LogP contribution in [0.15, 0.2) is 83.7 Å². The van der Waals surface area contributed by atoms with Crippen molar-refractivity contribution in [2.75, 3.05) is 5.75 Å². The number of carbonyl (C=O) groups is 4. The van der Waals surface area contributed by atoms with Crippen LogP contribution in [0.25, 0.3) is 0 Å². The summed E-state index contributed by atoms with van der Waals surface area (Å²) in [6.45, 7) is 5.09. The molecule has 0 saturated carbocycles. The Hall–Kier alpha value is -4.36. The SMILES string of the molecule is CC(C)(C)OC(=O)NC(C(=O)N[C@@H]1C(=O)N2C(C(=O)OC(c3ccccc3)c3ccccc3)=C(O)CS[C@@H]12)c1cnsc1. The van der Waals surface area contributed by atoms with Gasteiger partial charge in [-0.25, -0.2) is 14.0 Å². The summed E-state index contributed by atoms with van der Waals surface area (Å²) in [6, 6.07) is 16.1. The van der Waals surface area contributed by atoms with Crippen molar-refractivity contribution < 1.29 is 33.8 Å². The van der Waals surface area contributed by atoms with Gasteiger partial charge in [-0.2, -0.15) is 0 Å². The van der Waals surface area contributed by atoms with Crippen LogP contribution in [0, 0.1) is 0 Å². The van der Waals surface area contributed by atoms with E-state index in [9.17, 15) is 24.3 Å². The maximum Gasteiger partial charge on any atom is 0.408 e. The van der Waals surface area contributed by atoms with Crippen molar-refractivity contribution >= 4 is 47.2 Å². The molecular weight excluding hydrogens is 592 g/mol. The Morgan fingerprint density at radius 1 is 1.02 bits per heavy atom. The van der Waals surface area contributed by atoms with E-state index >= 15 is 0 Å². The number of alkyl carbamates (subject to hydrolysis) is 1. The average Bonchev–Trinajstić information content (AvgIpc) is 3.52. The zero-order valence-corrected chi connectivity index (χ0v) is 25.2. The third-order valence-corrected chi connectivity index (χ3v) is 8.45. The highest BCUT2D eigenvalue weighted by molar-refractivity contribution is 8.00. The predicted octanol–water partition coefficient (Wildman–Crippen LogP) is 4.21. The molecule has 0 bridgehead atoms. The summed E-state index contributed by atoms with van der Waals surface area (Å²) >= 11 is 2.29. The van der Waals surface area contributed by atoms with E-state index in [0.29, 0.717) is 5.56 Å². The van der Waals surface area contributed by atoms with E-state index in [1.807, 2.05) is 60.7 Å². The molecule has 1 unspecified atom stereocenters. The van der Waals surface area contributed by atoms with Crippen molar-refractivity contribution in [3.63, 3.8) is 0 Å². The Labute approximate surface area is 256 Å². The van der Waals surface area contributed by atoms with Crippen molar-refractivity contribution in [3.05, 3.63) is 100 Å². The third-order valence-electron chi connectivity index (χ3n) is 6.58. The zero-order chi connectivity index (χ0) is 30.7. The van der Waals surface area contributed by atoms with Crippen LogP contribution in [-0.2, 0) is 23.9 Å². The number of esters is 1. The summed E-state index contributed by atoms with van der Waals surface area (Å²) in [4.78, 5) is 53.9. The minimum absolute atomic E-state index is 0.0284. The Morgan fingerprint density at radius 3 is 2.21 bits per heavy atom. The van der Waals surface area contributed by atoms with Gasteiger partial charge < -0.3 is 25.2 Å². The molecule has 3 atom stereocenters. The largest absolute Gasteiger partial charge is 0.509 e. The lowest BCUT2D eigenvalue weighted by atomic mass is 10.0. The van der Waals surface area contributed by atoms with Crippen molar-refractivity contribution in [2.45, 2.75) is 49.9 Å². The van der Waals surface area contributed by atoms with Gasteiger partial charge in [-0.05, 0) is 43.4 Å². The molecule has 1 aromatic heterocycles. The third kappa shape index (κ3) is 6.67. The van der Waals surface area contributed by atoms with Gasteiger partial charge in [-0.1, -0.05) is 60.7 Å². The molecule has 0 aliphatic carbocycles. The second kappa shape index (κ2) is 12.5. The summed E-state index contributed by atoms with van der Waals surface area (Å²) in [6.07, 6.45) is -0.146. The molecular formula is C30H30N4O7S2. The van der Waals surface area contributed by atoms with Crippen LogP contribution in [0.2, 0.25) is 0 Å². The van der Waals surface area contributed by atoms with Gasteiger partial charge in [-0.3, -0.25) is 14.5 Å². The number of nitrogens with one attached hydrogen (secondary N) is 2. The molecule has 3 amide bonds. The smallest absolute Gasteiger partial charge is 0.408 e. The van der Waals surface area contributed by atoms with E-state index in [1.165, 1.54) is 18.0 Å². The van der Waals surface area contributed by atoms with Crippen molar-refractivity contribution in [2.24, 2.45) is 0 Å². The number of nitrogens with zero attached hydrogens (tertiary/aromatic N) is 2. The molecule has 2 aliphatic heterocycles. The van der Waals surface area contributed by atoms with Gasteiger partial charge in [-0.15, -0.1) is 11.8 Å². The molecule has 224 valence electrons. The maximum atomic E-state index is 13.5. The quantitative estimate of drug-likeness (QED) is 0.248. The molecule has 1 fully saturated rings. The Morgan fingerprint density at radius 2 is 1.65 bits per heavy atom. The first-order chi connectivity index (χ1) is 20.5. The molecule has 3 aromatic rings. The summed E-state index contributed by atoms with van der Waals surface area (Å²) in [5, 5.41) is 16.9. The molecule has 2 aromatic carbocycles. The number of aliphatic hydroxyl groups is 1. The van der Waals surface area contributed by atoms with E-state index in [1.54, 1.807) is 26.2 Å².